The average Bonchev–Trinajstić information content (AvgIpc) is 3.39. The number of esters is 1. The first-order valence-electron chi connectivity index (χ1n) is 17.2. The second kappa shape index (κ2) is 17.3. The van der Waals surface area contributed by atoms with Gasteiger partial charge in [0, 0.05) is 5.38 Å². The third kappa shape index (κ3) is 14.1. The van der Waals surface area contributed by atoms with Gasteiger partial charge < -0.3 is 38.4 Å². The summed E-state index contributed by atoms with van der Waals surface area (Å²) in [4.78, 5) is 86.6. The van der Waals surface area contributed by atoms with Crippen molar-refractivity contribution in [3.63, 3.8) is 0 Å². The fourth-order valence-electron chi connectivity index (χ4n) is 4.53. The maximum absolute atomic E-state index is 13.9. The zero-order valence-corrected chi connectivity index (χ0v) is 35.7. The quantitative estimate of drug-likeness (QED) is 0.0467. The van der Waals surface area contributed by atoms with Gasteiger partial charge >= 0.3 is 24.3 Å². The molecule has 3 N–H and O–H groups in total. The van der Waals surface area contributed by atoms with Crippen LogP contribution in [0.2, 0.25) is 18.1 Å². The second-order valence-corrected chi connectivity index (χ2v) is 22.9. The number of carbonyl (C=O) groups excluding carboxylic acids is 6. The minimum absolute atomic E-state index is 0.0522. The highest BCUT2D eigenvalue weighted by Gasteiger charge is 2.58. The van der Waals surface area contributed by atoms with E-state index in [-0.39, 0.29) is 22.5 Å². The summed E-state index contributed by atoms with van der Waals surface area (Å²) < 4.78 is 27.9. The van der Waals surface area contributed by atoms with Gasteiger partial charge in [-0.15, -0.1) is 11.3 Å². The first kappa shape index (κ1) is 45.7. The van der Waals surface area contributed by atoms with E-state index in [1.165, 1.54) is 12.3 Å². The molecule has 0 saturated carbocycles. The third-order valence-electron chi connectivity index (χ3n) is 7.64. The van der Waals surface area contributed by atoms with Crippen molar-refractivity contribution in [2.75, 3.05) is 18.5 Å². The molecule has 2 heterocycles. The molecule has 20 heteroatoms. The molecule has 0 bridgehead atoms. The Morgan fingerprint density at radius 2 is 1.46 bits per heavy atom. The summed E-state index contributed by atoms with van der Waals surface area (Å²) in [6.07, 6.45) is -3.84. The molecule has 18 nitrogen and oxygen atoms in total. The third-order valence-corrected chi connectivity index (χ3v) is 13.8. The number of anilines is 1. The van der Waals surface area contributed by atoms with E-state index in [0.717, 1.165) is 11.3 Å². The molecule has 3 atom stereocenters. The van der Waals surface area contributed by atoms with Gasteiger partial charge in [-0.2, -0.15) is 0 Å². The molecular weight excluding hydrogens is 745 g/mol. The van der Waals surface area contributed by atoms with Crippen LogP contribution < -0.4 is 16.0 Å². The van der Waals surface area contributed by atoms with Gasteiger partial charge in [0.1, 0.15) is 35.1 Å². The molecule has 0 aliphatic carbocycles. The molecule has 4 amide bonds. The minimum Gasteiger partial charge on any atom is -0.457 e. The largest absolute Gasteiger partial charge is 0.510 e. The van der Waals surface area contributed by atoms with Gasteiger partial charge in [0.15, 0.2) is 25.3 Å². The van der Waals surface area contributed by atoms with Gasteiger partial charge in [-0.3, -0.25) is 20.2 Å². The standard InChI is InChI=1S/C34H56N6O12SSi/c1-19(35-28(44)51-32(5,6)7)49-30(46)47-16-21-24(26(43)40(21)54(14,15)34(11,12)13)37-25(42)23(39-48-17-22(41)50-31(2,3)4)20-18-53-27(36-20)38-29(45)52-33(8,9)10/h18-19,21,24H,16-17H2,1-15H3,(H,35,44)(H,37,42)(H,36,38,45)/b39-23-. The molecule has 0 radical (unpaired) electrons. The lowest BCUT2D eigenvalue weighted by Crippen LogP contribution is -2.80. The summed E-state index contributed by atoms with van der Waals surface area (Å²) in [5.41, 5.74) is -2.85. The van der Waals surface area contributed by atoms with Crippen molar-refractivity contribution in [1.29, 1.82) is 0 Å². The number of hydrogen-bond acceptors (Lipinski definition) is 15. The average molecular weight is 801 g/mol. The molecule has 1 fully saturated rings. The first-order valence-corrected chi connectivity index (χ1v) is 21.1. The molecule has 1 saturated heterocycles. The fraction of sp³-hybridized carbons (Fsp3) is 0.706. The van der Waals surface area contributed by atoms with Crippen molar-refractivity contribution in [3.05, 3.63) is 11.1 Å². The molecular formula is C34H56N6O12SSi. The van der Waals surface area contributed by atoms with Gasteiger partial charge in [0.2, 0.25) is 12.5 Å². The Bertz CT molecular complexity index is 1590. The van der Waals surface area contributed by atoms with Crippen LogP contribution in [0.15, 0.2) is 10.5 Å². The highest BCUT2D eigenvalue weighted by molar-refractivity contribution is 7.14. The second-order valence-electron chi connectivity index (χ2n) is 17.0. The van der Waals surface area contributed by atoms with Crippen molar-refractivity contribution >= 4 is 66.5 Å². The Kier molecular flexibility index (Phi) is 14.7. The topological polar surface area (TPSA) is 222 Å². The molecule has 1 aromatic rings. The zero-order chi connectivity index (χ0) is 41.6. The molecule has 54 heavy (non-hydrogen) atoms. The smallest absolute Gasteiger partial charge is 0.457 e. The Balaban J connectivity index is 2.35. The van der Waals surface area contributed by atoms with E-state index in [4.69, 9.17) is 28.5 Å². The Morgan fingerprint density at radius 1 is 0.907 bits per heavy atom. The van der Waals surface area contributed by atoms with Crippen LogP contribution in [0.1, 0.15) is 95.7 Å². The number of thiazole rings is 1. The number of oxime groups is 1. The van der Waals surface area contributed by atoms with Crippen molar-refractivity contribution in [3.8, 4) is 0 Å². The van der Waals surface area contributed by atoms with E-state index < -0.39 is 91.8 Å². The Morgan fingerprint density at radius 3 is 2.00 bits per heavy atom. The number of carbonyl (C=O) groups is 6. The summed E-state index contributed by atoms with van der Waals surface area (Å²) in [6.45, 7) is 25.4. The summed E-state index contributed by atoms with van der Waals surface area (Å²) in [7, 11) is -2.61. The molecule has 3 unspecified atom stereocenters. The maximum atomic E-state index is 13.9. The number of ether oxygens (including phenoxy) is 5. The molecule has 2 rings (SSSR count). The highest BCUT2D eigenvalue weighted by atomic mass is 32.1. The van der Waals surface area contributed by atoms with Crippen molar-refractivity contribution < 1.29 is 57.3 Å². The minimum atomic E-state index is -2.61. The fourth-order valence-corrected chi connectivity index (χ4v) is 7.67. The number of nitrogens with zero attached hydrogens (tertiary/aromatic N) is 3. The molecule has 0 spiro atoms. The molecule has 0 aromatic carbocycles. The van der Waals surface area contributed by atoms with Crippen molar-refractivity contribution in [2.45, 2.75) is 143 Å². The van der Waals surface area contributed by atoms with Crippen LogP contribution in [0.25, 0.3) is 0 Å². The van der Waals surface area contributed by atoms with Crippen LogP contribution in [0, 0.1) is 0 Å². The molecule has 1 aliphatic heterocycles. The van der Waals surface area contributed by atoms with Gasteiger partial charge in [0.05, 0.1) is 6.04 Å². The molecule has 304 valence electrons. The van der Waals surface area contributed by atoms with Crippen LogP contribution in [0.5, 0.6) is 0 Å². The van der Waals surface area contributed by atoms with Crippen LogP contribution in [-0.4, -0.2) is 108 Å². The molecule has 1 aromatic heterocycles. The van der Waals surface area contributed by atoms with Gasteiger partial charge in [0.25, 0.3) is 5.91 Å². The number of aromatic nitrogens is 1. The van der Waals surface area contributed by atoms with Gasteiger partial charge in [-0.25, -0.2) is 24.2 Å². The van der Waals surface area contributed by atoms with E-state index in [2.05, 4.69) is 26.1 Å². The van der Waals surface area contributed by atoms with E-state index in [1.54, 1.807) is 66.9 Å². The van der Waals surface area contributed by atoms with Crippen molar-refractivity contribution in [2.24, 2.45) is 5.16 Å². The zero-order valence-electron chi connectivity index (χ0n) is 33.9. The Labute approximate surface area is 321 Å². The number of amides is 4. The van der Waals surface area contributed by atoms with Gasteiger partial charge in [-0.1, -0.05) is 39.0 Å². The van der Waals surface area contributed by atoms with Crippen LogP contribution in [0.4, 0.5) is 19.5 Å². The normalized spacial score (nSPS) is 17.4. The highest BCUT2D eigenvalue weighted by Crippen LogP contribution is 2.43. The summed E-state index contributed by atoms with van der Waals surface area (Å²) >= 11 is 0.959. The maximum Gasteiger partial charge on any atom is 0.510 e. The van der Waals surface area contributed by atoms with Gasteiger partial charge in [-0.05, 0) is 74.3 Å². The summed E-state index contributed by atoms with van der Waals surface area (Å²) in [5, 5.41) is 12.5. The number of hydrogen-bond donors (Lipinski definition) is 3. The predicted molar refractivity (Wildman–Crippen MR) is 201 cm³/mol. The monoisotopic (exact) mass is 800 g/mol. The number of alkyl carbamates (subject to hydrolysis) is 1. The molecule has 1 aliphatic rings. The Hall–Kier alpha value is -4.46. The lowest BCUT2D eigenvalue weighted by Gasteiger charge is -2.57. The number of β-lactam (4-membered cyclic amide) rings is 1. The predicted octanol–water partition coefficient (Wildman–Crippen LogP) is 5.28. The van der Waals surface area contributed by atoms with Crippen molar-refractivity contribution in [1.82, 2.24) is 20.2 Å². The van der Waals surface area contributed by atoms with Crippen LogP contribution >= 0.6 is 11.3 Å². The number of rotatable bonds is 12. The van der Waals surface area contributed by atoms with E-state index in [1.807, 2.05) is 33.9 Å². The lowest BCUT2D eigenvalue weighted by molar-refractivity contribution is -0.160. The summed E-state index contributed by atoms with van der Waals surface area (Å²) in [6, 6.07) is -2.02. The SMILES string of the molecule is CC(NC(=O)OC(C)(C)C)OC(=O)OCC1C(NC(=O)/C(=N\OCC(=O)OC(C)(C)C)c2csc(NC(=O)OC(C)(C)C)n2)C(=O)N1[Si](C)(C)C(C)(C)C. The first-order chi connectivity index (χ1) is 24.4. The summed E-state index contributed by atoms with van der Waals surface area (Å²) in [5.74, 6) is -2.09. The van der Waals surface area contributed by atoms with Crippen LogP contribution in [0.3, 0.4) is 0 Å². The number of nitrogens with one attached hydrogen (secondary N) is 3. The van der Waals surface area contributed by atoms with E-state index in [9.17, 15) is 28.8 Å². The lowest BCUT2D eigenvalue weighted by atomic mass is 9.99. The van der Waals surface area contributed by atoms with Crippen LogP contribution in [-0.2, 0) is 42.9 Å². The van der Waals surface area contributed by atoms with E-state index >= 15 is 0 Å². The van der Waals surface area contributed by atoms with E-state index in [0.29, 0.717) is 0 Å².